The molecule has 98 valence electrons. The number of hydrogen-bond donors (Lipinski definition) is 2. The van der Waals surface area contributed by atoms with Crippen molar-refractivity contribution >= 4 is 34.7 Å². The van der Waals surface area contributed by atoms with Crippen LogP contribution in [0.3, 0.4) is 0 Å². The minimum atomic E-state index is -2.87. The summed E-state index contributed by atoms with van der Waals surface area (Å²) >= 11 is 0. The maximum absolute atomic E-state index is 11.4. The first-order valence-electron chi connectivity index (χ1n) is 4.91. The van der Waals surface area contributed by atoms with Crippen molar-refractivity contribution in [2.75, 3.05) is 37.7 Å². The molecular formula is C8H18Cl2N2O3S. The Morgan fingerprint density at radius 1 is 1.31 bits per heavy atom. The van der Waals surface area contributed by atoms with Crippen LogP contribution in [0.4, 0.5) is 0 Å². The predicted molar refractivity (Wildman–Crippen MR) is 67.4 cm³/mol. The molecule has 0 spiro atoms. The highest BCUT2D eigenvalue weighted by atomic mass is 35.5. The fourth-order valence-electron chi connectivity index (χ4n) is 2.35. The van der Waals surface area contributed by atoms with Crippen molar-refractivity contribution in [3.8, 4) is 0 Å². The van der Waals surface area contributed by atoms with Crippen molar-refractivity contribution in [2.24, 2.45) is 0 Å². The summed E-state index contributed by atoms with van der Waals surface area (Å²) in [5.74, 6) is 0.490. The van der Waals surface area contributed by atoms with Gasteiger partial charge >= 0.3 is 0 Å². The minimum Gasteiger partial charge on any atom is -0.395 e. The van der Waals surface area contributed by atoms with Crippen LogP contribution in [0, 0.1) is 0 Å². The predicted octanol–water partition coefficient (Wildman–Crippen LogP) is -1.11. The molecular weight excluding hydrogens is 275 g/mol. The van der Waals surface area contributed by atoms with E-state index < -0.39 is 9.84 Å². The van der Waals surface area contributed by atoms with Crippen LogP contribution in [0.2, 0.25) is 0 Å². The summed E-state index contributed by atoms with van der Waals surface area (Å²) in [6.45, 7) is 2.33. The first-order valence-corrected chi connectivity index (χ1v) is 6.73. The molecule has 16 heavy (non-hydrogen) atoms. The van der Waals surface area contributed by atoms with Gasteiger partial charge in [0.05, 0.1) is 18.1 Å². The van der Waals surface area contributed by atoms with E-state index in [4.69, 9.17) is 5.11 Å². The molecule has 0 bridgehead atoms. The van der Waals surface area contributed by atoms with Crippen LogP contribution in [-0.4, -0.2) is 68.3 Å². The van der Waals surface area contributed by atoms with Crippen LogP contribution in [0.5, 0.6) is 0 Å². The number of nitrogens with one attached hydrogen (secondary N) is 1. The average Bonchev–Trinajstić information content (AvgIpc) is 2.41. The first-order chi connectivity index (χ1) is 6.62. The van der Waals surface area contributed by atoms with Crippen molar-refractivity contribution in [1.29, 1.82) is 0 Å². The Bertz CT molecular complexity index is 310. The molecule has 2 aliphatic heterocycles. The number of nitrogens with zero attached hydrogens (tertiary/aromatic N) is 1. The molecule has 8 heteroatoms. The second kappa shape index (κ2) is 6.37. The Morgan fingerprint density at radius 2 is 2.00 bits per heavy atom. The van der Waals surface area contributed by atoms with Gasteiger partial charge in [-0.2, -0.15) is 0 Å². The zero-order valence-corrected chi connectivity index (χ0v) is 11.3. The van der Waals surface area contributed by atoms with Crippen molar-refractivity contribution in [3.63, 3.8) is 0 Å². The number of halogens is 2. The molecule has 2 saturated heterocycles. The molecule has 2 N–H and O–H groups in total. The minimum absolute atomic E-state index is 0. The summed E-state index contributed by atoms with van der Waals surface area (Å²) in [6, 6.07) is 0.140. The molecule has 2 heterocycles. The summed E-state index contributed by atoms with van der Waals surface area (Å²) in [7, 11) is -2.87. The van der Waals surface area contributed by atoms with Gasteiger partial charge in [0.25, 0.3) is 0 Å². The fourth-order valence-corrected chi connectivity index (χ4v) is 4.34. The van der Waals surface area contributed by atoms with Crippen LogP contribution in [0.25, 0.3) is 0 Å². The Kier molecular flexibility index (Phi) is 6.53. The summed E-state index contributed by atoms with van der Waals surface area (Å²) in [6.07, 6.45) is 0. The number of hydrogen-bond acceptors (Lipinski definition) is 5. The Morgan fingerprint density at radius 3 is 2.62 bits per heavy atom. The van der Waals surface area contributed by atoms with Crippen LogP contribution in [0.15, 0.2) is 0 Å². The fraction of sp³-hybridized carbons (Fsp3) is 1.00. The maximum atomic E-state index is 11.4. The standard InChI is InChI=1S/C8H16N2O3S.2ClH/c11-4-3-10-2-1-9-7-5-14(12,13)6-8(7)10;;/h7-9,11H,1-6H2;2*1H/t7-,8+;;/m0../s1. The number of β-amino-alcohol motifs (C(OH)–C–C–N with tert-alkyl or cyclic N) is 1. The third-order valence-corrected chi connectivity index (χ3v) is 4.70. The van der Waals surface area contributed by atoms with Gasteiger partial charge in [-0.1, -0.05) is 0 Å². The topological polar surface area (TPSA) is 69.6 Å². The molecule has 0 unspecified atom stereocenters. The number of rotatable bonds is 2. The molecule has 5 nitrogen and oxygen atoms in total. The highest BCUT2D eigenvalue weighted by Crippen LogP contribution is 2.20. The van der Waals surface area contributed by atoms with Gasteiger partial charge in [0.2, 0.25) is 0 Å². The van der Waals surface area contributed by atoms with Crippen molar-refractivity contribution < 1.29 is 13.5 Å². The van der Waals surface area contributed by atoms with Crippen molar-refractivity contribution in [2.45, 2.75) is 12.1 Å². The van der Waals surface area contributed by atoms with Crippen LogP contribution in [0.1, 0.15) is 0 Å². The number of fused-ring (bicyclic) bond motifs is 1. The van der Waals surface area contributed by atoms with E-state index >= 15 is 0 Å². The van der Waals surface area contributed by atoms with Gasteiger partial charge in [0.15, 0.2) is 9.84 Å². The molecule has 0 radical (unpaired) electrons. The largest absolute Gasteiger partial charge is 0.395 e. The SMILES string of the molecule is Cl.Cl.O=S1(=O)C[C@@H]2NCCN(CCO)[C@@H]2C1. The van der Waals surface area contributed by atoms with Gasteiger partial charge in [-0.25, -0.2) is 8.42 Å². The van der Waals surface area contributed by atoms with E-state index in [9.17, 15) is 8.42 Å². The molecule has 0 aromatic rings. The van der Waals surface area contributed by atoms with Crippen molar-refractivity contribution in [1.82, 2.24) is 10.2 Å². The summed E-state index contributed by atoms with van der Waals surface area (Å²) in [4.78, 5) is 2.08. The number of aliphatic hydroxyl groups excluding tert-OH is 1. The molecule has 0 aromatic carbocycles. The summed E-state index contributed by atoms with van der Waals surface area (Å²) < 4.78 is 22.8. The lowest BCUT2D eigenvalue weighted by Gasteiger charge is -2.36. The smallest absolute Gasteiger partial charge is 0.153 e. The number of aliphatic hydroxyl groups is 1. The number of piperazine rings is 1. The molecule has 2 aliphatic rings. The highest BCUT2D eigenvalue weighted by molar-refractivity contribution is 7.91. The lowest BCUT2D eigenvalue weighted by molar-refractivity contribution is 0.119. The second-order valence-electron chi connectivity index (χ2n) is 3.96. The van der Waals surface area contributed by atoms with E-state index in [2.05, 4.69) is 10.2 Å². The van der Waals surface area contributed by atoms with E-state index in [0.717, 1.165) is 13.1 Å². The lowest BCUT2D eigenvalue weighted by atomic mass is 10.1. The molecule has 2 atom stereocenters. The molecule has 0 aromatic heterocycles. The molecule has 0 amide bonds. The molecule has 2 rings (SSSR count). The quantitative estimate of drug-likeness (QED) is 0.676. The van der Waals surface area contributed by atoms with E-state index in [1.54, 1.807) is 0 Å². The summed E-state index contributed by atoms with van der Waals surface area (Å²) in [5.41, 5.74) is 0. The third kappa shape index (κ3) is 3.45. The lowest BCUT2D eigenvalue weighted by Crippen LogP contribution is -2.57. The van der Waals surface area contributed by atoms with Crippen LogP contribution < -0.4 is 5.32 Å². The van der Waals surface area contributed by atoms with E-state index in [0.29, 0.717) is 6.54 Å². The van der Waals surface area contributed by atoms with Gasteiger partial charge in [0, 0.05) is 31.7 Å². The average molecular weight is 293 g/mol. The zero-order chi connectivity index (χ0) is 10.2. The van der Waals surface area contributed by atoms with Crippen LogP contribution in [-0.2, 0) is 9.84 Å². The number of sulfone groups is 1. The van der Waals surface area contributed by atoms with E-state index in [1.807, 2.05) is 0 Å². The summed E-state index contributed by atoms with van der Waals surface area (Å²) in [5, 5.41) is 12.1. The molecule has 0 aliphatic carbocycles. The molecule has 0 saturated carbocycles. The maximum Gasteiger partial charge on any atom is 0.153 e. The third-order valence-electron chi connectivity index (χ3n) is 2.98. The van der Waals surface area contributed by atoms with Gasteiger partial charge < -0.3 is 10.4 Å². The normalized spacial score (nSPS) is 32.3. The zero-order valence-electron chi connectivity index (χ0n) is 8.83. The Labute approximate surface area is 108 Å². The van der Waals surface area contributed by atoms with Gasteiger partial charge in [0.1, 0.15) is 0 Å². The Hall–Kier alpha value is 0.410. The van der Waals surface area contributed by atoms with E-state index in [1.165, 1.54) is 0 Å². The highest BCUT2D eigenvalue weighted by Gasteiger charge is 2.42. The van der Waals surface area contributed by atoms with Gasteiger partial charge in [-0.15, -0.1) is 24.8 Å². The Balaban J connectivity index is 0.00000112. The second-order valence-corrected chi connectivity index (χ2v) is 6.12. The van der Waals surface area contributed by atoms with E-state index in [-0.39, 0.29) is 55.0 Å². The van der Waals surface area contributed by atoms with Crippen LogP contribution >= 0.6 is 24.8 Å². The van der Waals surface area contributed by atoms with Gasteiger partial charge in [-0.05, 0) is 0 Å². The first kappa shape index (κ1) is 16.4. The monoisotopic (exact) mass is 292 g/mol. The van der Waals surface area contributed by atoms with Crippen molar-refractivity contribution in [3.05, 3.63) is 0 Å². The molecule has 2 fully saturated rings. The van der Waals surface area contributed by atoms with Gasteiger partial charge in [-0.3, -0.25) is 4.90 Å².